The molecule has 2 N–H and O–H groups in total. The molecule has 1 amide bonds. The highest BCUT2D eigenvalue weighted by Gasteiger charge is 2.28. The van der Waals surface area contributed by atoms with Gasteiger partial charge >= 0.3 is 6.18 Å². The molecule has 0 aliphatic carbocycles. The number of carbonyl (C=O) groups is 1. The molecular weight excluding hydrogens is 337 g/mol. The second kappa shape index (κ2) is 8.61. The van der Waals surface area contributed by atoms with Gasteiger partial charge in [-0.1, -0.05) is 5.21 Å². The van der Waals surface area contributed by atoms with Crippen LogP contribution in [-0.2, 0) is 0 Å². The zero-order valence-electron chi connectivity index (χ0n) is 14.6. The minimum Gasteiger partial charge on any atom is -0.351 e. The van der Waals surface area contributed by atoms with Crippen molar-refractivity contribution in [1.82, 2.24) is 30.5 Å². The number of halogens is 3. The van der Waals surface area contributed by atoms with E-state index in [0.29, 0.717) is 13.0 Å². The van der Waals surface area contributed by atoms with Gasteiger partial charge in [0.15, 0.2) is 5.69 Å². The van der Waals surface area contributed by atoms with Crippen molar-refractivity contribution < 1.29 is 18.0 Å². The summed E-state index contributed by atoms with van der Waals surface area (Å²) in [5.41, 5.74) is 1.00. The first-order valence-electron chi connectivity index (χ1n) is 8.44. The van der Waals surface area contributed by atoms with Crippen LogP contribution in [0.3, 0.4) is 0 Å². The van der Waals surface area contributed by atoms with Crippen molar-refractivity contribution >= 4 is 5.91 Å². The first kappa shape index (κ1) is 19.6. The summed E-state index contributed by atoms with van der Waals surface area (Å²) in [6.07, 6.45) is -1.89. The van der Waals surface area contributed by atoms with Crippen LogP contribution >= 0.6 is 0 Å². The molecule has 0 bridgehead atoms. The monoisotopic (exact) mass is 362 g/mol. The minimum absolute atomic E-state index is 0.242. The molecule has 1 aliphatic heterocycles. The lowest BCUT2D eigenvalue weighted by Crippen LogP contribution is -2.34. The molecule has 1 saturated heterocycles. The van der Waals surface area contributed by atoms with Gasteiger partial charge in [0.25, 0.3) is 5.91 Å². The first-order chi connectivity index (χ1) is 11.8. The standard InChI is InChI=1S/C15H25F3N6O/c1-11-13(21-22-24(11)12-4-7-19-8-5-12)14(25)20-6-3-9-23(2)10-15(16,17)18/h12,19H,3-10H2,1-2H3,(H,20,25). The van der Waals surface area contributed by atoms with Crippen LogP contribution in [0.1, 0.15) is 41.5 Å². The van der Waals surface area contributed by atoms with E-state index >= 15 is 0 Å². The van der Waals surface area contributed by atoms with Crippen molar-refractivity contribution in [3.8, 4) is 0 Å². The Balaban J connectivity index is 1.78. The fraction of sp³-hybridized carbons (Fsp3) is 0.800. The van der Waals surface area contributed by atoms with Gasteiger partial charge in [-0.25, -0.2) is 4.68 Å². The van der Waals surface area contributed by atoms with Crippen molar-refractivity contribution in [2.75, 3.05) is 39.8 Å². The smallest absolute Gasteiger partial charge is 0.351 e. The van der Waals surface area contributed by atoms with Gasteiger partial charge in [-0.05, 0) is 52.9 Å². The van der Waals surface area contributed by atoms with Crippen LogP contribution < -0.4 is 10.6 Å². The fourth-order valence-electron chi connectivity index (χ4n) is 2.97. The van der Waals surface area contributed by atoms with Crippen LogP contribution in [0.4, 0.5) is 13.2 Å². The number of amides is 1. The number of aromatic nitrogens is 3. The molecule has 1 aromatic rings. The third-order valence-corrected chi connectivity index (χ3v) is 4.25. The zero-order chi connectivity index (χ0) is 18.4. The van der Waals surface area contributed by atoms with Crippen molar-refractivity contribution in [1.29, 1.82) is 0 Å². The third-order valence-electron chi connectivity index (χ3n) is 4.25. The largest absolute Gasteiger partial charge is 0.401 e. The Morgan fingerprint density at radius 2 is 2.08 bits per heavy atom. The average molecular weight is 362 g/mol. The maximum atomic E-state index is 12.2. The second-order valence-electron chi connectivity index (χ2n) is 6.41. The molecule has 1 aromatic heterocycles. The fourth-order valence-corrected chi connectivity index (χ4v) is 2.97. The maximum absolute atomic E-state index is 12.2. The highest BCUT2D eigenvalue weighted by atomic mass is 19.4. The lowest BCUT2D eigenvalue weighted by atomic mass is 10.1. The Morgan fingerprint density at radius 1 is 1.40 bits per heavy atom. The molecule has 0 aromatic carbocycles. The number of nitrogens with one attached hydrogen (secondary N) is 2. The van der Waals surface area contributed by atoms with Crippen molar-refractivity contribution in [3.63, 3.8) is 0 Å². The van der Waals surface area contributed by atoms with E-state index in [4.69, 9.17) is 0 Å². The molecule has 0 saturated carbocycles. The van der Waals surface area contributed by atoms with Gasteiger partial charge in [-0.3, -0.25) is 9.69 Å². The third kappa shape index (κ3) is 5.96. The number of rotatable bonds is 7. The summed E-state index contributed by atoms with van der Waals surface area (Å²) in [6.45, 7) is 3.23. The van der Waals surface area contributed by atoms with Crippen molar-refractivity contribution in [2.24, 2.45) is 0 Å². The maximum Gasteiger partial charge on any atom is 0.401 e. The number of alkyl halides is 3. The number of hydrogen-bond donors (Lipinski definition) is 2. The van der Waals surface area contributed by atoms with Crippen LogP contribution in [0.5, 0.6) is 0 Å². The predicted octanol–water partition coefficient (Wildman–Crippen LogP) is 1.13. The summed E-state index contributed by atoms with van der Waals surface area (Å²) in [7, 11) is 1.41. The van der Waals surface area contributed by atoms with Gasteiger partial charge in [-0.15, -0.1) is 5.10 Å². The van der Waals surface area contributed by atoms with Crippen LogP contribution in [0.25, 0.3) is 0 Å². The molecule has 1 aliphatic rings. The summed E-state index contributed by atoms with van der Waals surface area (Å²) in [5, 5.41) is 14.1. The van der Waals surface area contributed by atoms with Crippen molar-refractivity contribution in [2.45, 2.75) is 38.4 Å². The Bertz CT molecular complexity index is 568. The second-order valence-corrected chi connectivity index (χ2v) is 6.41. The van der Waals surface area contributed by atoms with Gasteiger partial charge < -0.3 is 10.6 Å². The normalized spacial score (nSPS) is 16.4. The molecule has 7 nitrogen and oxygen atoms in total. The molecule has 25 heavy (non-hydrogen) atoms. The summed E-state index contributed by atoms with van der Waals surface area (Å²) in [6, 6.07) is 0.242. The molecule has 2 rings (SSSR count). The predicted molar refractivity (Wildman–Crippen MR) is 86.4 cm³/mol. The van der Waals surface area contributed by atoms with Crippen LogP contribution in [0.2, 0.25) is 0 Å². The van der Waals surface area contributed by atoms with E-state index in [1.807, 2.05) is 6.92 Å². The summed E-state index contributed by atoms with van der Waals surface area (Å²) >= 11 is 0. The molecule has 0 atom stereocenters. The Kier molecular flexibility index (Phi) is 6.77. The van der Waals surface area contributed by atoms with E-state index in [-0.39, 0.29) is 24.2 Å². The molecule has 2 heterocycles. The Hall–Kier alpha value is -1.68. The van der Waals surface area contributed by atoms with E-state index < -0.39 is 12.7 Å². The quantitative estimate of drug-likeness (QED) is 0.711. The zero-order valence-corrected chi connectivity index (χ0v) is 14.6. The van der Waals surface area contributed by atoms with E-state index in [1.54, 1.807) is 4.68 Å². The minimum atomic E-state index is -4.21. The molecule has 10 heteroatoms. The first-order valence-corrected chi connectivity index (χ1v) is 8.44. The molecule has 0 radical (unpaired) electrons. The Labute approximate surface area is 144 Å². The van der Waals surface area contributed by atoms with E-state index in [1.165, 1.54) is 11.9 Å². The number of carbonyl (C=O) groups excluding carboxylic acids is 1. The summed E-state index contributed by atoms with van der Waals surface area (Å²) in [4.78, 5) is 13.4. The molecular formula is C15H25F3N6O. The molecule has 0 spiro atoms. The SMILES string of the molecule is Cc1c(C(=O)NCCCN(C)CC(F)(F)F)nnn1C1CCNCC1. The van der Waals surface area contributed by atoms with Gasteiger partial charge in [-0.2, -0.15) is 13.2 Å². The molecule has 142 valence electrons. The average Bonchev–Trinajstić information content (AvgIpc) is 2.92. The van der Waals surface area contributed by atoms with Crippen molar-refractivity contribution in [3.05, 3.63) is 11.4 Å². The van der Waals surface area contributed by atoms with Gasteiger partial charge in [0.2, 0.25) is 0 Å². The lowest BCUT2D eigenvalue weighted by Gasteiger charge is -2.23. The highest BCUT2D eigenvalue weighted by Crippen LogP contribution is 2.20. The summed E-state index contributed by atoms with van der Waals surface area (Å²) in [5.74, 6) is -0.337. The van der Waals surface area contributed by atoms with Crippen LogP contribution in [0, 0.1) is 6.92 Å². The van der Waals surface area contributed by atoms with E-state index in [2.05, 4.69) is 20.9 Å². The lowest BCUT2D eigenvalue weighted by molar-refractivity contribution is -0.143. The van der Waals surface area contributed by atoms with Gasteiger partial charge in [0, 0.05) is 6.54 Å². The molecule has 1 fully saturated rings. The van der Waals surface area contributed by atoms with Gasteiger partial charge in [0.05, 0.1) is 18.3 Å². The van der Waals surface area contributed by atoms with Crippen LogP contribution in [0.15, 0.2) is 0 Å². The number of piperidine rings is 1. The van der Waals surface area contributed by atoms with E-state index in [0.717, 1.165) is 31.6 Å². The highest BCUT2D eigenvalue weighted by molar-refractivity contribution is 5.93. The number of nitrogens with zero attached hydrogens (tertiary/aromatic N) is 4. The Morgan fingerprint density at radius 3 is 2.72 bits per heavy atom. The van der Waals surface area contributed by atoms with Crippen LogP contribution in [-0.4, -0.2) is 71.7 Å². The van der Waals surface area contributed by atoms with E-state index in [9.17, 15) is 18.0 Å². The molecule has 0 unspecified atom stereocenters. The van der Waals surface area contributed by atoms with Gasteiger partial charge in [0.1, 0.15) is 0 Å². The number of hydrogen-bond acceptors (Lipinski definition) is 5. The summed E-state index contributed by atoms with van der Waals surface area (Å²) < 4.78 is 38.5. The topological polar surface area (TPSA) is 75.1 Å².